The Kier molecular flexibility index (Phi) is 4.46. The summed E-state index contributed by atoms with van der Waals surface area (Å²) < 4.78 is 0. The number of anilines is 1. The maximum Gasteiger partial charge on any atom is 0.326 e. The fourth-order valence-electron chi connectivity index (χ4n) is 1.54. The average Bonchev–Trinajstić information content (AvgIpc) is 2.31. The summed E-state index contributed by atoms with van der Waals surface area (Å²) in [6.45, 7) is 1.16. The molecule has 0 saturated heterocycles. The molecule has 0 aliphatic rings. The molecule has 1 aromatic carbocycles. The number of Topliss-reactive ketones (excluding diaryl/α,β-unsaturated/α-hetero) is 1. The normalized spacial score (nSPS) is 11.6. The minimum atomic E-state index is -1.33. The number of nitrogens with one attached hydrogen (secondary N) is 1. The Bertz CT molecular complexity index is 527. The first kappa shape index (κ1) is 14.5. The highest BCUT2D eigenvalue weighted by molar-refractivity contribution is 6.04. The lowest BCUT2D eigenvalue weighted by Gasteiger charge is -2.13. The van der Waals surface area contributed by atoms with E-state index < -0.39 is 30.1 Å². The van der Waals surface area contributed by atoms with Gasteiger partial charge in [0.05, 0.1) is 5.69 Å². The zero-order valence-electron chi connectivity index (χ0n) is 10.2. The molecule has 0 aliphatic carbocycles. The molecule has 1 unspecified atom stereocenters. The van der Waals surface area contributed by atoms with Crippen LogP contribution < -0.4 is 11.1 Å². The maximum absolute atomic E-state index is 11.9. The molecule has 0 heterocycles. The van der Waals surface area contributed by atoms with Crippen LogP contribution in [0.2, 0.25) is 0 Å². The van der Waals surface area contributed by atoms with E-state index >= 15 is 0 Å². The molecule has 0 aromatic heterocycles. The van der Waals surface area contributed by atoms with E-state index in [2.05, 4.69) is 5.32 Å². The summed E-state index contributed by atoms with van der Waals surface area (Å²) in [6.07, 6.45) is -0.442. The van der Waals surface area contributed by atoms with E-state index in [1.807, 2.05) is 0 Å². The molecule has 0 spiro atoms. The first-order chi connectivity index (χ1) is 8.82. The Morgan fingerprint density at radius 1 is 1.37 bits per heavy atom. The van der Waals surface area contributed by atoms with Crippen LogP contribution in [0.3, 0.4) is 0 Å². The largest absolute Gasteiger partial charge is 0.506 e. The summed E-state index contributed by atoms with van der Waals surface area (Å²) in [5.74, 6) is -2.70. The van der Waals surface area contributed by atoms with Crippen LogP contribution in [0.25, 0.3) is 0 Å². The number of carbonyl (C=O) groups is 3. The van der Waals surface area contributed by atoms with E-state index in [-0.39, 0.29) is 17.0 Å². The molecule has 5 N–H and O–H groups in total. The quantitative estimate of drug-likeness (QED) is 0.340. The van der Waals surface area contributed by atoms with Crippen molar-refractivity contribution >= 4 is 23.3 Å². The van der Waals surface area contributed by atoms with Crippen molar-refractivity contribution in [2.75, 3.05) is 5.73 Å². The molecule has 0 bridgehead atoms. The number of nitrogens with two attached hydrogens (primary N) is 1. The molecular formula is C12H14N2O5. The van der Waals surface area contributed by atoms with E-state index in [9.17, 15) is 19.5 Å². The number of aliphatic carboxylic acids is 1. The Morgan fingerprint density at radius 2 is 2.00 bits per heavy atom. The SMILES string of the molecule is CC(=O)NC(CC(=O)c1cccc(O)c1N)C(=O)O. The van der Waals surface area contributed by atoms with Crippen LogP contribution in [-0.4, -0.2) is 33.9 Å². The van der Waals surface area contributed by atoms with Gasteiger partial charge in [-0.1, -0.05) is 6.07 Å². The van der Waals surface area contributed by atoms with Gasteiger partial charge >= 0.3 is 5.97 Å². The zero-order valence-corrected chi connectivity index (χ0v) is 10.2. The molecule has 1 amide bonds. The first-order valence-corrected chi connectivity index (χ1v) is 5.43. The van der Waals surface area contributed by atoms with E-state index in [4.69, 9.17) is 10.8 Å². The number of para-hydroxylation sites is 1. The van der Waals surface area contributed by atoms with Crippen molar-refractivity contribution < 1.29 is 24.6 Å². The number of carboxylic acid groups (broad SMARTS) is 1. The van der Waals surface area contributed by atoms with Crippen molar-refractivity contribution in [3.05, 3.63) is 23.8 Å². The van der Waals surface area contributed by atoms with Crippen LogP contribution in [0.5, 0.6) is 5.75 Å². The standard InChI is InChI=1S/C12H14N2O5/c1-6(15)14-8(12(18)19)5-10(17)7-3-2-4-9(16)11(7)13/h2-4,8,16H,5,13H2,1H3,(H,14,15)(H,18,19). The molecule has 0 radical (unpaired) electrons. The van der Waals surface area contributed by atoms with Crippen molar-refractivity contribution in [1.82, 2.24) is 5.32 Å². The van der Waals surface area contributed by atoms with Crippen LogP contribution in [0.1, 0.15) is 23.7 Å². The lowest BCUT2D eigenvalue weighted by molar-refractivity contribution is -0.141. The monoisotopic (exact) mass is 266 g/mol. The summed E-state index contributed by atoms with van der Waals surface area (Å²) in [6, 6.07) is 2.79. The van der Waals surface area contributed by atoms with Gasteiger partial charge in [0.25, 0.3) is 0 Å². The number of benzene rings is 1. The first-order valence-electron chi connectivity index (χ1n) is 5.43. The molecule has 7 nitrogen and oxygen atoms in total. The van der Waals surface area contributed by atoms with Gasteiger partial charge in [0.1, 0.15) is 11.8 Å². The topological polar surface area (TPSA) is 130 Å². The van der Waals surface area contributed by atoms with Gasteiger partial charge in [-0.25, -0.2) is 4.79 Å². The highest BCUT2D eigenvalue weighted by Gasteiger charge is 2.24. The predicted octanol–water partition coefficient (Wildman–Crippen LogP) is 0.137. The van der Waals surface area contributed by atoms with Gasteiger partial charge in [0, 0.05) is 18.9 Å². The van der Waals surface area contributed by atoms with Gasteiger partial charge in [0.2, 0.25) is 5.91 Å². The number of carboxylic acids is 1. The minimum Gasteiger partial charge on any atom is -0.506 e. The van der Waals surface area contributed by atoms with Gasteiger partial charge < -0.3 is 21.3 Å². The number of hydrogen-bond acceptors (Lipinski definition) is 5. The maximum atomic E-state index is 11.9. The van der Waals surface area contributed by atoms with Crippen molar-refractivity contribution in [2.24, 2.45) is 0 Å². The second-order valence-electron chi connectivity index (χ2n) is 3.96. The van der Waals surface area contributed by atoms with E-state index in [0.29, 0.717) is 0 Å². The number of rotatable bonds is 5. The lowest BCUT2D eigenvalue weighted by Crippen LogP contribution is -2.41. The summed E-state index contributed by atoms with van der Waals surface area (Å²) in [5, 5.41) is 20.4. The van der Waals surface area contributed by atoms with E-state index in [1.165, 1.54) is 18.2 Å². The van der Waals surface area contributed by atoms with Gasteiger partial charge in [0.15, 0.2) is 5.78 Å². The Morgan fingerprint density at radius 3 is 2.53 bits per heavy atom. The van der Waals surface area contributed by atoms with Gasteiger partial charge in [-0.05, 0) is 12.1 Å². The second-order valence-corrected chi connectivity index (χ2v) is 3.96. The molecule has 1 rings (SSSR count). The second kappa shape index (κ2) is 5.85. The molecule has 0 saturated carbocycles. The minimum absolute atomic E-state index is 0.0246. The molecule has 0 aliphatic heterocycles. The van der Waals surface area contributed by atoms with E-state index in [0.717, 1.165) is 6.92 Å². The summed E-state index contributed by atoms with van der Waals surface area (Å²) in [7, 11) is 0. The number of ketones is 1. The number of phenols is 1. The van der Waals surface area contributed by atoms with Crippen LogP contribution in [0, 0.1) is 0 Å². The Balaban J connectivity index is 2.91. The van der Waals surface area contributed by atoms with Crippen molar-refractivity contribution in [3.63, 3.8) is 0 Å². The highest BCUT2D eigenvalue weighted by atomic mass is 16.4. The third kappa shape index (κ3) is 3.70. The number of nitrogen functional groups attached to an aromatic ring is 1. The number of carbonyl (C=O) groups excluding carboxylic acids is 2. The average molecular weight is 266 g/mol. The fraction of sp³-hybridized carbons (Fsp3) is 0.250. The van der Waals surface area contributed by atoms with Crippen molar-refractivity contribution in [2.45, 2.75) is 19.4 Å². The Hall–Kier alpha value is -2.57. The van der Waals surface area contributed by atoms with Crippen LogP contribution in [0.4, 0.5) is 5.69 Å². The van der Waals surface area contributed by atoms with Gasteiger partial charge in [-0.3, -0.25) is 9.59 Å². The molecule has 19 heavy (non-hydrogen) atoms. The number of phenolic OH excluding ortho intramolecular Hbond substituents is 1. The predicted molar refractivity (Wildman–Crippen MR) is 66.7 cm³/mol. The Labute approximate surface area is 109 Å². The van der Waals surface area contributed by atoms with Gasteiger partial charge in [-0.2, -0.15) is 0 Å². The summed E-state index contributed by atoms with van der Waals surface area (Å²) >= 11 is 0. The van der Waals surface area contributed by atoms with Crippen LogP contribution in [0.15, 0.2) is 18.2 Å². The molecule has 1 atom stereocenters. The van der Waals surface area contributed by atoms with Crippen LogP contribution in [-0.2, 0) is 9.59 Å². The molecular weight excluding hydrogens is 252 g/mol. The van der Waals surface area contributed by atoms with Gasteiger partial charge in [-0.15, -0.1) is 0 Å². The molecule has 0 fully saturated rings. The van der Waals surface area contributed by atoms with Crippen molar-refractivity contribution in [1.29, 1.82) is 0 Å². The van der Waals surface area contributed by atoms with Crippen molar-refractivity contribution in [3.8, 4) is 5.75 Å². The number of aromatic hydroxyl groups is 1. The molecule has 1 aromatic rings. The fourth-order valence-corrected chi connectivity index (χ4v) is 1.54. The third-order valence-corrected chi connectivity index (χ3v) is 2.45. The lowest BCUT2D eigenvalue weighted by atomic mass is 10.0. The summed E-state index contributed by atoms with van der Waals surface area (Å²) in [5.41, 5.74) is 5.44. The highest BCUT2D eigenvalue weighted by Crippen LogP contribution is 2.24. The van der Waals surface area contributed by atoms with Crippen LogP contribution >= 0.6 is 0 Å². The number of hydrogen-bond donors (Lipinski definition) is 4. The van der Waals surface area contributed by atoms with E-state index in [1.54, 1.807) is 0 Å². The molecule has 102 valence electrons. The molecule has 7 heteroatoms. The smallest absolute Gasteiger partial charge is 0.326 e. The summed E-state index contributed by atoms with van der Waals surface area (Å²) in [4.78, 5) is 33.7. The third-order valence-electron chi connectivity index (χ3n) is 2.45. The number of amides is 1. The zero-order chi connectivity index (χ0) is 14.6.